The highest BCUT2D eigenvalue weighted by Crippen LogP contribution is 2.36. The first-order chi connectivity index (χ1) is 14.4. The standard InChI is InChI=1S/C19H18F6N2O3S/c1-3-5-27(9-15-26-14(10-31-15)17(29)30-4-2)16(28)11-6-12(18(20,21)22)8-13(7-11)19(23,24)25/h6-8,10H,3-5,9H2,1-2H3. The molecule has 5 nitrogen and oxygen atoms in total. The van der Waals surface area contributed by atoms with Gasteiger partial charge >= 0.3 is 18.3 Å². The number of amides is 1. The van der Waals surface area contributed by atoms with Gasteiger partial charge in [-0.3, -0.25) is 4.79 Å². The van der Waals surface area contributed by atoms with Crippen LogP contribution in [0.3, 0.4) is 0 Å². The number of nitrogens with zero attached hydrogens (tertiary/aromatic N) is 2. The molecule has 31 heavy (non-hydrogen) atoms. The quantitative estimate of drug-likeness (QED) is 0.403. The molecular formula is C19H18F6N2O3S. The number of halogens is 6. The smallest absolute Gasteiger partial charge is 0.416 e. The molecule has 0 saturated heterocycles. The summed E-state index contributed by atoms with van der Waals surface area (Å²) in [6.07, 6.45) is -9.72. The van der Waals surface area contributed by atoms with E-state index in [9.17, 15) is 35.9 Å². The predicted octanol–water partition coefficient (Wildman–Crippen LogP) is 5.41. The molecule has 170 valence electrons. The summed E-state index contributed by atoms with van der Waals surface area (Å²) in [5.41, 5.74) is -3.87. The van der Waals surface area contributed by atoms with Crippen LogP contribution in [0.2, 0.25) is 0 Å². The molecule has 12 heteroatoms. The number of alkyl halides is 6. The summed E-state index contributed by atoms with van der Waals surface area (Å²) in [6, 6.07) is 0.756. The molecule has 0 spiro atoms. The summed E-state index contributed by atoms with van der Waals surface area (Å²) < 4.78 is 83.4. The Morgan fingerprint density at radius 3 is 2.10 bits per heavy atom. The Balaban J connectivity index is 2.38. The molecule has 0 atom stereocenters. The van der Waals surface area contributed by atoms with E-state index < -0.39 is 40.9 Å². The molecule has 0 aliphatic rings. The van der Waals surface area contributed by atoms with Crippen LogP contribution in [-0.2, 0) is 23.6 Å². The zero-order valence-electron chi connectivity index (χ0n) is 16.4. The van der Waals surface area contributed by atoms with Crippen LogP contribution >= 0.6 is 11.3 Å². The fraction of sp³-hybridized carbons (Fsp3) is 0.421. The predicted molar refractivity (Wildman–Crippen MR) is 99.5 cm³/mol. The second-order valence-corrected chi connectivity index (χ2v) is 7.31. The number of ether oxygens (including phenoxy) is 1. The van der Waals surface area contributed by atoms with Crippen molar-refractivity contribution in [3.05, 3.63) is 51.0 Å². The molecular weight excluding hydrogens is 450 g/mol. The minimum Gasteiger partial charge on any atom is -0.461 e. The zero-order valence-corrected chi connectivity index (χ0v) is 17.2. The molecule has 0 saturated carbocycles. The van der Waals surface area contributed by atoms with Gasteiger partial charge in [-0.2, -0.15) is 26.3 Å². The van der Waals surface area contributed by atoms with Crippen molar-refractivity contribution < 1.29 is 40.7 Å². The maximum absolute atomic E-state index is 13.1. The van der Waals surface area contributed by atoms with Gasteiger partial charge in [0, 0.05) is 17.5 Å². The number of hydrogen-bond donors (Lipinski definition) is 0. The van der Waals surface area contributed by atoms with Gasteiger partial charge in [0.1, 0.15) is 5.01 Å². The Morgan fingerprint density at radius 1 is 1.03 bits per heavy atom. The van der Waals surface area contributed by atoms with E-state index in [0.29, 0.717) is 18.6 Å². The van der Waals surface area contributed by atoms with Crippen molar-refractivity contribution in [2.75, 3.05) is 13.2 Å². The molecule has 0 N–H and O–H groups in total. The fourth-order valence-electron chi connectivity index (χ4n) is 2.63. The number of hydrogen-bond acceptors (Lipinski definition) is 5. The van der Waals surface area contributed by atoms with E-state index in [-0.39, 0.29) is 36.5 Å². The van der Waals surface area contributed by atoms with E-state index in [0.717, 1.165) is 16.2 Å². The second kappa shape index (κ2) is 9.67. The minimum absolute atomic E-state index is 0.00386. The Morgan fingerprint density at radius 2 is 1.61 bits per heavy atom. The maximum atomic E-state index is 13.1. The summed E-state index contributed by atoms with van der Waals surface area (Å²) in [5, 5.41) is 1.68. The van der Waals surface area contributed by atoms with Gasteiger partial charge < -0.3 is 9.64 Å². The number of carbonyl (C=O) groups excluding carboxylic acids is 2. The zero-order chi connectivity index (χ0) is 23.4. The highest BCUT2D eigenvalue weighted by atomic mass is 32.1. The van der Waals surface area contributed by atoms with Gasteiger partial charge in [-0.15, -0.1) is 11.3 Å². The van der Waals surface area contributed by atoms with Crippen molar-refractivity contribution in [2.24, 2.45) is 0 Å². The number of benzene rings is 1. The molecule has 2 rings (SSSR count). The van der Waals surface area contributed by atoms with Crippen LogP contribution in [0, 0.1) is 0 Å². The van der Waals surface area contributed by atoms with E-state index in [2.05, 4.69) is 4.98 Å². The Kier molecular flexibility index (Phi) is 7.68. The van der Waals surface area contributed by atoms with Crippen molar-refractivity contribution in [3.8, 4) is 0 Å². The molecule has 0 bridgehead atoms. The number of rotatable bonds is 7. The lowest BCUT2D eigenvalue weighted by Gasteiger charge is -2.22. The van der Waals surface area contributed by atoms with E-state index in [1.165, 1.54) is 5.38 Å². The summed E-state index contributed by atoms with van der Waals surface area (Å²) in [5.74, 6) is -1.68. The third kappa shape index (κ3) is 6.42. The van der Waals surface area contributed by atoms with Gasteiger partial charge in [0.05, 0.1) is 24.3 Å². The van der Waals surface area contributed by atoms with Gasteiger partial charge in [0.15, 0.2) is 5.69 Å². The Hall–Kier alpha value is -2.63. The average Bonchev–Trinajstić information content (AvgIpc) is 3.14. The van der Waals surface area contributed by atoms with Gasteiger partial charge in [-0.1, -0.05) is 6.92 Å². The van der Waals surface area contributed by atoms with E-state index in [4.69, 9.17) is 4.74 Å². The molecule has 1 aromatic carbocycles. The first-order valence-electron chi connectivity index (χ1n) is 9.07. The van der Waals surface area contributed by atoms with E-state index >= 15 is 0 Å². The van der Waals surface area contributed by atoms with Crippen LogP contribution < -0.4 is 0 Å². The van der Waals surface area contributed by atoms with Gasteiger partial charge in [-0.25, -0.2) is 9.78 Å². The first kappa shape index (κ1) is 24.6. The third-order valence-electron chi connectivity index (χ3n) is 3.98. The summed E-state index contributed by atoms with van der Waals surface area (Å²) in [4.78, 5) is 29.7. The van der Waals surface area contributed by atoms with Crippen LogP contribution in [0.4, 0.5) is 26.3 Å². The van der Waals surface area contributed by atoms with Crippen LogP contribution in [0.25, 0.3) is 0 Å². The lowest BCUT2D eigenvalue weighted by Crippen LogP contribution is -2.32. The Bertz CT molecular complexity index is 907. The van der Waals surface area contributed by atoms with Gasteiger partial charge in [0.25, 0.3) is 5.91 Å². The monoisotopic (exact) mass is 468 g/mol. The van der Waals surface area contributed by atoms with Gasteiger partial charge in [-0.05, 0) is 31.5 Å². The molecule has 0 unspecified atom stereocenters. The third-order valence-corrected chi connectivity index (χ3v) is 4.81. The van der Waals surface area contributed by atoms with Crippen LogP contribution in [0.1, 0.15) is 57.2 Å². The summed E-state index contributed by atoms with van der Waals surface area (Å²) in [6.45, 7) is 3.30. The molecule has 0 aliphatic heterocycles. The molecule has 1 aromatic heterocycles. The topological polar surface area (TPSA) is 59.5 Å². The van der Waals surface area contributed by atoms with Crippen molar-refractivity contribution in [3.63, 3.8) is 0 Å². The number of carbonyl (C=O) groups is 2. The van der Waals surface area contributed by atoms with Crippen molar-refractivity contribution >= 4 is 23.2 Å². The van der Waals surface area contributed by atoms with Crippen LogP contribution in [0.15, 0.2) is 23.6 Å². The molecule has 0 fully saturated rings. The molecule has 0 radical (unpaired) electrons. The van der Waals surface area contributed by atoms with Crippen LogP contribution in [-0.4, -0.2) is 34.9 Å². The molecule has 2 aromatic rings. The van der Waals surface area contributed by atoms with Crippen molar-refractivity contribution in [2.45, 2.75) is 39.2 Å². The molecule has 0 aliphatic carbocycles. The fourth-order valence-corrected chi connectivity index (χ4v) is 3.41. The van der Waals surface area contributed by atoms with E-state index in [1.54, 1.807) is 13.8 Å². The largest absolute Gasteiger partial charge is 0.461 e. The lowest BCUT2D eigenvalue weighted by atomic mass is 10.0. The Labute approximate surface area is 177 Å². The highest BCUT2D eigenvalue weighted by Gasteiger charge is 2.38. The summed E-state index contributed by atoms with van der Waals surface area (Å²) >= 11 is 1.02. The first-order valence-corrected chi connectivity index (χ1v) is 9.95. The normalized spacial score (nSPS) is 12.0. The van der Waals surface area contributed by atoms with E-state index in [1.807, 2.05) is 0 Å². The highest BCUT2D eigenvalue weighted by molar-refractivity contribution is 7.09. The number of thiazole rings is 1. The lowest BCUT2D eigenvalue weighted by molar-refractivity contribution is -0.143. The average molecular weight is 468 g/mol. The minimum atomic E-state index is -5.06. The number of esters is 1. The number of aromatic nitrogens is 1. The second-order valence-electron chi connectivity index (χ2n) is 6.37. The molecule has 1 heterocycles. The van der Waals surface area contributed by atoms with Crippen molar-refractivity contribution in [1.82, 2.24) is 9.88 Å². The summed E-state index contributed by atoms with van der Waals surface area (Å²) in [7, 11) is 0. The van der Waals surface area contributed by atoms with Gasteiger partial charge in [0.2, 0.25) is 0 Å². The van der Waals surface area contributed by atoms with Crippen molar-refractivity contribution in [1.29, 1.82) is 0 Å². The van der Waals surface area contributed by atoms with Crippen LogP contribution in [0.5, 0.6) is 0 Å². The maximum Gasteiger partial charge on any atom is 0.416 e. The SMILES string of the molecule is CCCN(Cc1nc(C(=O)OCC)cs1)C(=O)c1cc(C(F)(F)F)cc(C(F)(F)F)c1. The molecule has 1 amide bonds.